The topological polar surface area (TPSA) is 118 Å². The highest BCUT2D eigenvalue weighted by atomic mass is 16.3. The number of nitrogens with one attached hydrogen (secondary N) is 1. The molecule has 8 heteroatoms. The predicted molar refractivity (Wildman–Crippen MR) is 132 cm³/mol. The summed E-state index contributed by atoms with van der Waals surface area (Å²) in [5.74, 6) is -0.00199. The summed E-state index contributed by atoms with van der Waals surface area (Å²) < 4.78 is 0. The van der Waals surface area contributed by atoms with Gasteiger partial charge in [0.25, 0.3) is 0 Å². The van der Waals surface area contributed by atoms with E-state index in [0.29, 0.717) is 0 Å². The average Bonchev–Trinajstić information content (AvgIpc) is 3.57. The number of nitriles is 1. The van der Waals surface area contributed by atoms with Gasteiger partial charge in [-0.1, -0.05) is 46.6 Å². The van der Waals surface area contributed by atoms with Crippen molar-refractivity contribution in [2.45, 2.75) is 97.8 Å². The summed E-state index contributed by atoms with van der Waals surface area (Å²) >= 11 is 0. The molecule has 0 aromatic carbocycles. The van der Waals surface area contributed by atoms with Crippen LogP contribution in [0.2, 0.25) is 0 Å². The number of aliphatic hydroxyl groups excluding tert-OH is 1. The van der Waals surface area contributed by atoms with E-state index in [9.17, 15) is 20.0 Å². The quantitative estimate of drug-likeness (QED) is 0.581. The zero-order valence-electron chi connectivity index (χ0n) is 21.8. The summed E-state index contributed by atoms with van der Waals surface area (Å²) in [5, 5.41) is 30.0. The second kappa shape index (κ2) is 12.4. The van der Waals surface area contributed by atoms with Crippen molar-refractivity contribution >= 4 is 11.8 Å². The van der Waals surface area contributed by atoms with Crippen LogP contribution in [0.4, 0.5) is 0 Å². The number of likely N-dealkylation sites (tertiary alicyclic amines) is 1. The molecule has 190 valence electrons. The van der Waals surface area contributed by atoms with Gasteiger partial charge >= 0.3 is 0 Å². The van der Waals surface area contributed by atoms with Crippen molar-refractivity contribution in [3.05, 3.63) is 11.8 Å². The molecule has 5 atom stereocenters. The highest BCUT2D eigenvalue weighted by Gasteiger charge is 2.43. The molecule has 34 heavy (non-hydrogen) atoms. The Kier molecular flexibility index (Phi) is 10.2. The molecule has 0 aromatic rings. The Morgan fingerprint density at radius 3 is 2.38 bits per heavy atom. The lowest BCUT2D eigenvalue weighted by molar-refractivity contribution is -0.144. The van der Waals surface area contributed by atoms with Crippen molar-refractivity contribution in [1.29, 1.82) is 5.26 Å². The first-order chi connectivity index (χ1) is 16.0. The lowest BCUT2D eigenvalue weighted by atomic mass is 9.81. The van der Waals surface area contributed by atoms with Crippen LogP contribution in [0, 0.1) is 34.5 Å². The van der Waals surface area contributed by atoms with Gasteiger partial charge in [0.1, 0.15) is 6.04 Å². The Morgan fingerprint density at radius 1 is 1.21 bits per heavy atom. The second-order valence-corrected chi connectivity index (χ2v) is 10.9. The molecule has 3 fully saturated rings. The molecule has 1 aliphatic heterocycles. The summed E-state index contributed by atoms with van der Waals surface area (Å²) in [6.45, 7) is 10.1. The first-order valence-corrected chi connectivity index (χ1v) is 12.7. The Balaban J connectivity index is 0.000000379. The minimum Gasteiger partial charge on any atom is -0.391 e. The van der Waals surface area contributed by atoms with Crippen molar-refractivity contribution in [3.8, 4) is 6.07 Å². The highest BCUT2D eigenvalue weighted by Crippen LogP contribution is 2.37. The Labute approximate surface area is 204 Å². The molecule has 0 radical (unpaired) electrons. The molecule has 2 N–H and O–H groups in total. The number of azo groups is 1. The van der Waals surface area contributed by atoms with Gasteiger partial charge in [0, 0.05) is 37.9 Å². The molecule has 5 unspecified atom stereocenters. The number of carbonyl (C=O) groups excluding carboxylic acids is 2. The van der Waals surface area contributed by atoms with Gasteiger partial charge in [-0.05, 0) is 38.0 Å². The lowest BCUT2D eigenvalue weighted by Gasteiger charge is -2.34. The smallest absolute Gasteiger partial charge is 0.243 e. The number of allylic oxidation sites excluding steroid dienone is 2. The molecule has 2 aliphatic carbocycles. The van der Waals surface area contributed by atoms with Gasteiger partial charge in [0.2, 0.25) is 11.8 Å². The third kappa shape index (κ3) is 7.63. The van der Waals surface area contributed by atoms with Crippen molar-refractivity contribution in [2.75, 3.05) is 13.6 Å². The lowest BCUT2D eigenvalue weighted by Crippen LogP contribution is -2.52. The van der Waals surface area contributed by atoms with Crippen molar-refractivity contribution in [3.63, 3.8) is 0 Å². The second-order valence-electron chi connectivity index (χ2n) is 10.9. The van der Waals surface area contributed by atoms with Crippen LogP contribution in [0.5, 0.6) is 0 Å². The van der Waals surface area contributed by atoms with Crippen LogP contribution in [-0.2, 0) is 9.59 Å². The first-order valence-electron chi connectivity index (χ1n) is 12.7. The maximum Gasteiger partial charge on any atom is 0.243 e. The Morgan fingerprint density at radius 2 is 1.85 bits per heavy atom. The summed E-state index contributed by atoms with van der Waals surface area (Å²) in [6, 6.07) is 1.49. The zero-order chi connectivity index (χ0) is 25.5. The van der Waals surface area contributed by atoms with E-state index < -0.39 is 12.1 Å². The van der Waals surface area contributed by atoms with Crippen LogP contribution in [-0.4, -0.2) is 53.6 Å². The minimum absolute atomic E-state index is 0.0929. The van der Waals surface area contributed by atoms with Crippen LogP contribution in [0.3, 0.4) is 0 Å². The number of aliphatic hydroxyl groups is 1. The summed E-state index contributed by atoms with van der Waals surface area (Å²) in [5.41, 5.74) is 0.957. The molecule has 0 spiro atoms. The molecule has 0 aromatic heterocycles. The van der Waals surface area contributed by atoms with Crippen LogP contribution in [0.15, 0.2) is 22.0 Å². The zero-order valence-corrected chi connectivity index (χ0v) is 21.8. The fraction of sp³-hybridized carbons (Fsp3) is 0.808. The average molecular weight is 474 g/mol. The van der Waals surface area contributed by atoms with Crippen LogP contribution < -0.4 is 5.32 Å². The van der Waals surface area contributed by atoms with Gasteiger partial charge in [-0.2, -0.15) is 15.5 Å². The van der Waals surface area contributed by atoms with Gasteiger partial charge in [0.15, 0.2) is 0 Å². The van der Waals surface area contributed by atoms with Crippen molar-refractivity contribution in [1.82, 2.24) is 10.2 Å². The molecular formula is C26H43N5O3. The fourth-order valence-corrected chi connectivity index (χ4v) is 4.53. The molecule has 0 bridgehead atoms. The monoisotopic (exact) mass is 473 g/mol. The maximum absolute atomic E-state index is 12.8. The van der Waals surface area contributed by atoms with E-state index in [1.54, 1.807) is 7.05 Å². The molecule has 1 heterocycles. The van der Waals surface area contributed by atoms with Gasteiger partial charge < -0.3 is 15.3 Å². The molecular weight excluding hydrogens is 430 g/mol. The van der Waals surface area contributed by atoms with Crippen LogP contribution in [0.25, 0.3) is 0 Å². The van der Waals surface area contributed by atoms with E-state index in [1.165, 1.54) is 17.7 Å². The highest BCUT2D eigenvalue weighted by molar-refractivity contribution is 5.89. The van der Waals surface area contributed by atoms with Gasteiger partial charge in [-0.15, -0.1) is 0 Å². The van der Waals surface area contributed by atoms with Gasteiger partial charge in [-0.25, -0.2) is 0 Å². The van der Waals surface area contributed by atoms with E-state index in [0.717, 1.165) is 37.3 Å². The molecule has 1 saturated heterocycles. The summed E-state index contributed by atoms with van der Waals surface area (Å²) in [6.07, 6.45) is 7.86. The standard InChI is InChI=1S/C19H31N3O3.C7H12N2/c1-12(19(2,3)4)18(25)22-11-14(23)9-16(22)17(24)21-15-8-6-5-7-13(15)10-20;1-3-7(9-8-2)6-4-5-6/h12-16,23H,5-9,11H2,1-4H3,(H,21,24);3,6H,4-5H2,1-2H3/b;7-3-,9-8?. The van der Waals surface area contributed by atoms with E-state index >= 15 is 0 Å². The molecule has 8 nitrogen and oxygen atoms in total. The maximum atomic E-state index is 12.8. The van der Waals surface area contributed by atoms with Gasteiger partial charge in [0.05, 0.1) is 23.8 Å². The number of amides is 2. The number of rotatable bonds is 5. The number of hydrogen-bond donors (Lipinski definition) is 2. The molecule has 3 aliphatic rings. The summed E-state index contributed by atoms with van der Waals surface area (Å²) in [7, 11) is 1.71. The third-order valence-corrected chi connectivity index (χ3v) is 7.30. The number of nitrogens with zero attached hydrogens (tertiary/aromatic N) is 4. The number of hydrogen-bond acceptors (Lipinski definition) is 6. The van der Waals surface area contributed by atoms with E-state index in [4.69, 9.17) is 0 Å². The molecule has 2 amide bonds. The van der Waals surface area contributed by atoms with Crippen LogP contribution >= 0.6 is 0 Å². The van der Waals surface area contributed by atoms with E-state index in [1.807, 2.05) is 40.7 Å². The van der Waals surface area contributed by atoms with E-state index in [2.05, 4.69) is 21.6 Å². The Hall–Kier alpha value is -2.27. The third-order valence-electron chi connectivity index (χ3n) is 7.30. The summed E-state index contributed by atoms with van der Waals surface area (Å²) in [4.78, 5) is 27.2. The first kappa shape index (κ1) is 28.0. The minimum atomic E-state index is -0.676. The predicted octanol–water partition coefficient (Wildman–Crippen LogP) is 4.21. The van der Waals surface area contributed by atoms with Crippen molar-refractivity contribution in [2.24, 2.45) is 33.4 Å². The Bertz CT molecular complexity index is 806. The fourth-order valence-electron chi connectivity index (χ4n) is 4.53. The SMILES string of the molecule is C/C=C(\N=NC)C1CC1.CC(C(=O)N1CC(O)CC1C(=O)NC1CCCCC1C#N)C(C)(C)C. The van der Waals surface area contributed by atoms with E-state index in [-0.39, 0.29) is 48.1 Å². The van der Waals surface area contributed by atoms with Gasteiger partial charge in [-0.3, -0.25) is 9.59 Å². The number of β-amino-alcohol motifs (C(OH)–C–C–N with tert-alkyl or cyclic N) is 1. The largest absolute Gasteiger partial charge is 0.391 e. The normalized spacial score (nSPS) is 28.6. The van der Waals surface area contributed by atoms with Crippen molar-refractivity contribution < 1.29 is 14.7 Å². The number of carbonyl (C=O) groups is 2. The van der Waals surface area contributed by atoms with Crippen LogP contribution in [0.1, 0.15) is 79.6 Å². The molecule has 2 saturated carbocycles. The molecule has 3 rings (SSSR count).